The molecule has 0 rings (SSSR count). The van der Waals surface area contributed by atoms with Gasteiger partial charge in [-0.1, -0.05) is 27.7 Å². The lowest BCUT2D eigenvalue weighted by atomic mass is 9.89. The maximum absolute atomic E-state index is 12.1. The molecule has 7 heteroatoms. The topological polar surface area (TPSA) is 43.4 Å². The molecule has 102 valence electrons. The van der Waals surface area contributed by atoms with Crippen molar-refractivity contribution in [1.29, 1.82) is 0 Å². The fourth-order valence-electron chi connectivity index (χ4n) is 0.911. The van der Waals surface area contributed by atoms with Crippen molar-refractivity contribution in [1.82, 2.24) is 0 Å². The summed E-state index contributed by atoms with van der Waals surface area (Å²) in [5.41, 5.74) is -5.80. The van der Waals surface area contributed by atoms with Crippen molar-refractivity contribution in [2.75, 3.05) is 0 Å². The highest BCUT2D eigenvalue weighted by molar-refractivity contribution is 7.87. The van der Waals surface area contributed by atoms with Gasteiger partial charge in [-0.25, -0.2) is 0 Å². The van der Waals surface area contributed by atoms with Gasteiger partial charge in [-0.05, 0) is 17.9 Å². The summed E-state index contributed by atoms with van der Waals surface area (Å²) in [5, 5.41) is 0. The number of alkyl halides is 3. The number of hydrogen-bond donors (Lipinski definition) is 0. The summed E-state index contributed by atoms with van der Waals surface area (Å²) in [6.07, 6.45) is 2.15. The third kappa shape index (κ3) is 4.97. The van der Waals surface area contributed by atoms with E-state index < -0.39 is 21.0 Å². The van der Waals surface area contributed by atoms with Crippen LogP contribution < -0.4 is 0 Å². The van der Waals surface area contributed by atoms with Crippen molar-refractivity contribution < 1.29 is 25.8 Å². The second-order valence-electron chi connectivity index (χ2n) is 4.29. The van der Waals surface area contributed by atoms with Gasteiger partial charge in [0.05, 0.1) is 0 Å². The smallest absolute Gasteiger partial charge is 0.381 e. The minimum Gasteiger partial charge on any atom is -0.381 e. The molecule has 0 aromatic rings. The number of hydrogen-bond acceptors (Lipinski definition) is 3. The van der Waals surface area contributed by atoms with Gasteiger partial charge in [0.25, 0.3) is 0 Å². The Balaban J connectivity index is 5.11. The maximum Gasteiger partial charge on any atom is 0.534 e. The lowest BCUT2D eigenvalue weighted by Gasteiger charge is -2.20. The Hall–Kier alpha value is -0.720. The Morgan fingerprint density at radius 2 is 1.71 bits per heavy atom. The first-order valence-corrected chi connectivity index (χ1v) is 6.58. The molecule has 0 saturated carbocycles. The fraction of sp³-hybridized carbons (Fsp3) is 0.800. The number of allylic oxidation sites excluding steroid dienone is 2. The minimum absolute atomic E-state index is 0.0821. The van der Waals surface area contributed by atoms with Gasteiger partial charge in [0.2, 0.25) is 0 Å². The molecule has 0 aromatic heterocycles. The van der Waals surface area contributed by atoms with Crippen LogP contribution in [0.1, 0.15) is 40.5 Å². The molecule has 3 nitrogen and oxygen atoms in total. The Morgan fingerprint density at radius 3 is 2.00 bits per heavy atom. The van der Waals surface area contributed by atoms with Crippen LogP contribution in [0.3, 0.4) is 0 Å². The zero-order valence-corrected chi connectivity index (χ0v) is 11.1. The molecule has 0 aromatic carbocycles. The summed E-state index contributed by atoms with van der Waals surface area (Å²) in [7, 11) is -5.56. The van der Waals surface area contributed by atoms with E-state index in [0.29, 0.717) is 6.42 Å². The second-order valence-corrected chi connectivity index (χ2v) is 5.83. The van der Waals surface area contributed by atoms with Crippen LogP contribution in [0.2, 0.25) is 0 Å². The molecular formula is C10H17F3O3S. The predicted molar refractivity (Wildman–Crippen MR) is 58.5 cm³/mol. The summed E-state index contributed by atoms with van der Waals surface area (Å²) in [4.78, 5) is 0. The average molecular weight is 274 g/mol. The van der Waals surface area contributed by atoms with Crippen molar-refractivity contribution in [3.8, 4) is 0 Å². The normalized spacial score (nSPS) is 14.9. The highest BCUT2D eigenvalue weighted by Gasteiger charge is 2.48. The molecule has 0 unspecified atom stereocenters. The van der Waals surface area contributed by atoms with Crippen LogP contribution in [0.5, 0.6) is 0 Å². The molecule has 0 bridgehead atoms. The van der Waals surface area contributed by atoms with Crippen LogP contribution in [0, 0.1) is 5.41 Å². The third-order valence-electron chi connectivity index (χ3n) is 2.31. The first-order chi connectivity index (χ1) is 7.45. The van der Waals surface area contributed by atoms with Gasteiger partial charge < -0.3 is 4.18 Å². The Labute approximate surface area is 99.8 Å². The zero-order chi connectivity index (χ0) is 13.9. The van der Waals surface area contributed by atoms with Crippen LogP contribution in [-0.2, 0) is 14.3 Å². The van der Waals surface area contributed by atoms with Gasteiger partial charge >= 0.3 is 15.6 Å². The van der Waals surface area contributed by atoms with E-state index in [-0.39, 0.29) is 12.2 Å². The second kappa shape index (κ2) is 5.29. The van der Waals surface area contributed by atoms with E-state index in [0.717, 1.165) is 0 Å². The molecule has 0 spiro atoms. The standard InChI is InChI=1S/C10H17F3O3S/c1-5-8(7-9(3,4)6-2)16-17(14,15)10(11,12)13/h7H,5-6H2,1-4H3/b8-7+. The monoisotopic (exact) mass is 274 g/mol. The van der Waals surface area contributed by atoms with Crippen molar-refractivity contribution in [3.63, 3.8) is 0 Å². The highest BCUT2D eigenvalue weighted by atomic mass is 32.2. The SMILES string of the molecule is CC/C(=C\C(C)(C)CC)OS(=O)(=O)C(F)(F)F. The van der Waals surface area contributed by atoms with E-state index in [1.54, 1.807) is 13.8 Å². The van der Waals surface area contributed by atoms with Crippen molar-refractivity contribution in [2.24, 2.45) is 5.41 Å². The molecule has 0 saturated heterocycles. The van der Waals surface area contributed by atoms with E-state index in [2.05, 4.69) is 4.18 Å². The molecule has 0 aliphatic carbocycles. The summed E-state index contributed by atoms with van der Waals surface area (Å²) >= 11 is 0. The lowest BCUT2D eigenvalue weighted by Crippen LogP contribution is -2.25. The minimum atomic E-state index is -5.56. The Bertz CT molecular complexity index is 380. The molecule has 0 heterocycles. The molecule has 0 amide bonds. The fourth-order valence-corrected chi connectivity index (χ4v) is 1.45. The van der Waals surface area contributed by atoms with Gasteiger partial charge in [-0.2, -0.15) is 21.6 Å². The summed E-state index contributed by atoms with van der Waals surface area (Å²) in [6.45, 7) is 6.95. The van der Waals surface area contributed by atoms with Gasteiger partial charge in [0.15, 0.2) is 0 Å². The van der Waals surface area contributed by atoms with E-state index in [9.17, 15) is 21.6 Å². The number of halogens is 3. The van der Waals surface area contributed by atoms with Crippen LogP contribution in [0.25, 0.3) is 0 Å². The molecule has 0 aliphatic heterocycles. The van der Waals surface area contributed by atoms with Crippen LogP contribution in [0.15, 0.2) is 11.8 Å². The summed E-state index contributed by atoms with van der Waals surface area (Å²) in [6, 6.07) is 0. The van der Waals surface area contributed by atoms with E-state index in [1.807, 2.05) is 6.92 Å². The summed E-state index contributed by atoms with van der Waals surface area (Å²) < 4.78 is 62.0. The Kier molecular flexibility index (Phi) is 5.06. The molecule has 0 atom stereocenters. The van der Waals surface area contributed by atoms with Gasteiger partial charge in [-0.15, -0.1) is 0 Å². The van der Waals surface area contributed by atoms with Crippen molar-refractivity contribution in [3.05, 3.63) is 11.8 Å². The molecule has 17 heavy (non-hydrogen) atoms. The molecule has 0 N–H and O–H groups in total. The van der Waals surface area contributed by atoms with Crippen molar-refractivity contribution in [2.45, 2.75) is 46.0 Å². The highest BCUT2D eigenvalue weighted by Crippen LogP contribution is 2.30. The van der Waals surface area contributed by atoms with Crippen molar-refractivity contribution >= 4 is 10.1 Å². The largest absolute Gasteiger partial charge is 0.534 e. The van der Waals surface area contributed by atoms with Crippen LogP contribution in [0.4, 0.5) is 13.2 Å². The van der Waals surface area contributed by atoms with Gasteiger partial charge in [-0.3, -0.25) is 0 Å². The molecule has 0 radical (unpaired) electrons. The van der Waals surface area contributed by atoms with E-state index >= 15 is 0 Å². The van der Waals surface area contributed by atoms with E-state index in [4.69, 9.17) is 0 Å². The van der Waals surface area contributed by atoms with Gasteiger partial charge in [0, 0.05) is 6.42 Å². The quantitative estimate of drug-likeness (QED) is 0.437. The third-order valence-corrected chi connectivity index (χ3v) is 3.31. The zero-order valence-electron chi connectivity index (χ0n) is 10.3. The Morgan fingerprint density at radius 1 is 1.24 bits per heavy atom. The first-order valence-electron chi connectivity index (χ1n) is 5.17. The van der Waals surface area contributed by atoms with Gasteiger partial charge in [0.1, 0.15) is 5.76 Å². The lowest BCUT2D eigenvalue weighted by molar-refractivity contribution is -0.0523. The number of rotatable bonds is 5. The van der Waals surface area contributed by atoms with Crippen LogP contribution in [-0.4, -0.2) is 13.9 Å². The van der Waals surface area contributed by atoms with Crippen LogP contribution >= 0.6 is 0 Å². The molecule has 0 fully saturated rings. The van der Waals surface area contributed by atoms with E-state index in [1.165, 1.54) is 13.0 Å². The predicted octanol–water partition coefficient (Wildman–Crippen LogP) is 3.58. The first kappa shape index (κ1) is 16.3. The average Bonchev–Trinajstić information content (AvgIpc) is 2.14. The molecule has 0 aliphatic rings. The molecular weight excluding hydrogens is 257 g/mol. The summed E-state index contributed by atoms with van der Waals surface area (Å²) in [5.74, 6) is -0.186. The maximum atomic E-state index is 12.1.